The van der Waals surface area contributed by atoms with Crippen molar-refractivity contribution in [3.05, 3.63) is 133 Å². The molecule has 0 N–H and O–H groups in total. The van der Waals surface area contributed by atoms with Gasteiger partial charge in [0, 0.05) is 10.0 Å². The average Bonchev–Trinajstić information content (AvgIpc) is 3.33. The number of hydrogen-bond donors (Lipinski definition) is 0. The molecular weight excluding hydrogens is 659 g/mol. The van der Waals surface area contributed by atoms with Crippen molar-refractivity contribution in [2.45, 2.75) is 27.4 Å². The van der Waals surface area contributed by atoms with Crippen molar-refractivity contribution in [1.82, 2.24) is 0 Å². The van der Waals surface area contributed by atoms with Crippen molar-refractivity contribution in [2.75, 3.05) is 11.5 Å². The minimum atomic E-state index is -0.243. The van der Waals surface area contributed by atoms with Crippen LogP contribution in [0.15, 0.2) is 101 Å². The molecule has 5 nitrogen and oxygen atoms in total. The fourth-order valence-corrected chi connectivity index (χ4v) is 6.68. The summed E-state index contributed by atoms with van der Waals surface area (Å²) >= 11 is 20.9. The van der Waals surface area contributed by atoms with E-state index in [-0.39, 0.29) is 5.91 Å². The first-order chi connectivity index (χ1) is 22.2. The Kier molecular flexibility index (Phi) is 9.62. The maximum absolute atomic E-state index is 14.0. The second kappa shape index (κ2) is 13.8. The molecular formula is C37H29Cl3N2O3S. The van der Waals surface area contributed by atoms with Crippen LogP contribution in [0.3, 0.4) is 0 Å². The molecule has 1 fully saturated rings. The molecule has 0 aromatic heterocycles. The molecule has 0 aliphatic carbocycles. The molecule has 0 unspecified atom stereocenters. The lowest BCUT2D eigenvalue weighted by Gasteiger charge is -2.17. The summed E-state index contributed by atoms with van der Waals surface area (Å²) in [5.41, 5.74) is 4.81. The molecule has 6 rings (SSSR count). The highest BCUT2D eigenvalue weighted by Gasteiger charge is 2.35. The molecule has 0 radical (unpaired) electrons. The summed E-state index contributed by atoms with van der Waals surface area (Å²) in [6, 6.07) is 28.9. The fraction of sp³-hybridized carbons (Fsp3) is 0.135. The number of ether oxygens (including phenoxy) is 2. The van der Waals surface area contributed by atoms with E-state index in [1.807, 2.05) is 75.4 Å². The van der Waals surface area contributed by atoms with Gasteiger partial charge in [0.15, 0.2) is 16.7 Å². The van der Waals surface area contributed by atoms with Gasteiger partial charge in [0.05, 0.1) is 27.9 Å². The third kappa shape index (κ3) is 6.76. The molecule has 0 bridgehead atoms. The van der Waals surface area contributed by atoms with Crippen molar-refractivity contribution in [1.29, 1.82) is 0 Å². The number of benzene rings is 5. The monoisotopic (exact) mass is 686 g/mol. The van der Waals surface area contributed by atoms with Crippen molar-refractivity contribution < 1.29 is 14.3 Å². The number of amidine groups is 1. The molecule has 0 atom stereocenters. The van der Waals surface area contributed by atoms with Gasteiger partial charge >= 0.3 is 0 Å². The highest BCUT2D eigenvalue weighted by atomic mass is 35.5. The van der Waals surface area contributed by atoms with Gasteiger partial charge in [0.1, 0.15) is 6.61 Å². The predicted molar refractivity (Wildman–Crippen MR) is 193 cm³/mol. The van der Waals surface area contributed by atoms with Crippen LogP contribution in [0.25, 0.3) is 16.8 Å². The minimum Gasteiger partial charge on any atom is -0.490 e. The van der Waals surface area contributed by atoms with Crippen LogP contribution in [0.1, 0.15) is 29.2 Å². The summed E-state index contributed by atoms with van der Waals surface area (Å²) in [6.07, 6.45) is 1.78. The summed E-state index contributed by atoms with van der Waals surface area (Å²) in [7, 11) is 0. The Morgan fingerprint density at radius 2 is 1.57 bits per heavy atom. The van der Waals surface area contributed by atoms with Crippen molar-refractivity contribution in [3.63, 3.8) is 0 Å². The van der Waals surface area contributed by atoms with Gasteiger partial charge in [-0.05, 0) is 108 Å². The maximum Gasteiger partial charge on any atom is 0.271 e. The number of aliphatic imine (C=N–C) groups is 1. The highest BCUT2D eigenvalue weighted by molar-refractivity contribution is 8.19. The standard InChI is InChI=1S/C37H29Cl3N2O3S/c1-4-44-33-17-24(16-32(40)35(33)45-21-26-10-7-9-25-8-5-6-11-29(25)26)18-34-36(43)42(28-15-13-23(3)31(39)20-28)37(46-34)41-27-14-12-22(2)30(38)19-27/h5-20H,4,21H2,1-3H3/b34-18+,41-37?. The smallest absolute Gasteiger partial charge is 0.271 e. The number of fused-ring (bicyclic) bond motifs is 1. The van der Waals surface area contributed by atoms with Crippen molar-refractivity contribution >= 4 is 85.9 Å². The predicted octanol–water partition coefficient (Wildman–Crippen LogP) is 11.2. The Hall–Kier alpha value is -3.94. The lowest BCUT2D eigenvalue weighted by atomic mass is 10.1. The third-order valence-corrected chi connectivity index (χ3v) is 9.55. The first-order valence-electron chi connectivity index (χ1n) is 14.6. The van der Waals surface area contributed by atoms with Gasteiger partial charge < -0.3 is 9.47 Å². The molecule has 232 valence electrons. The number of carbonyl (C=O) groups excluding carboxylic acids is 1. The second-order valence-electron chi connectivity index (χ2n) is 10.7. The summed E-state index contributed by atoms with van der Waals surface area (Å²) in [5, 5.41) is 4.24. The quantitative estimate of drug-likeness (QED) is 0.152. The number of nitrogens with zero attached hydrogens (tertiary/aromatic N) is 2. The van der Waals surface area contributed by atoms with E-state index in [1.165, 1.54) is 11.8 Å². The van der Waals surface area contributed by atoms with Crippen molar-refractivity contribution in [2.24, 2.45) is 4.99 Å². The Labute approximate surface area is 287 Å². The van der Waals surface area contributed by atoms with Crippen LogP contribution in [0, 0.1) is 13.8 Å². The number of amides is 1. The Balaban J connectivity index is 1.35. The van der Waals surface area contributed by atoms with Crippen molar-refractivity contribution in [3.8, 4) is 11.5 Å². The third-order valence-electron chi connectivity index (χ3n) is 7.48. The van der Waals surface area contributed by atoms with E-state index >= 15 is 0 Å². The largest absolute Gasteiger partial charge is 0.490 e. The Morgan fingerprint density at radius 3 is 2.33 bits per heavy atom. The zero-order chi connectivity index (χ0) is 32.4. The lowest BCUT2D eigenvalue weighted by Crippen LogP contribution is -2.28. The minimum absolute atomic E-state index is 0.243. The first-order valence-corrected chi connectivity index (χ1v) is 16.6. The van der Waals surface area contributed by atoms with Gasteiger partial charge in [-0.15, -0.1) is 0 Å². The van der Waals surface area contributed by atoms with Gasteiger partial charge in [-0.2, -0.15) is 0 Å². The number of rotatable bonds is 8. The van der Waals surface area contributed by atoms with Gasteiger partial charge in [0.2, 0.25) is 0 Å². The van der Waals surface area contributed by atoms with Crippen LogP contribution in [-0.4, -0.2) is 17.7 Å². The number of aryl methyl sites for hydroxylation is 2. The van der Waals surface area contributed by atoms with Gasteiger partial charge in [-0.1, -0.05) is 89.4 Å². The molecule has 1 saturated heterocycles. The van der Waals surface area contributed by atoms with Crippen LogP contribution in [0.2, 0.25) is 15.1 Å². The lowest BCUT2D eigenvalue weighted by molar-refractivity contribution is -0.113. The number of halogens is 3. The van der Waals surface area contributed by atoms with E-state index in [0.717, 1.165) is 27.5 Å². The summed E-state index contributed by atoms with van der Waals surface area (Å²) < 4.78 is 12.2. The summed E-state index contributed by atoms with van der Waals surface area (Å²) in [5.74, 6) is 0.688. The molecule has 5 aromatic carbocycles. The fourth-order valence-electron chi connectivity index (χ4n) is 5.05. The van der Waals surface area contributed by atoms with Crippen LogP contribution in [0.5, 0.6) is 11.5 Å². The van der Waals surface area contributed by atoms with E-state index in [1.54, 1.807) is 29.2 Å². The van der Waals surface area contributed by atoms with Gasteiger partial charge in [0.25, 0.3) is 5.91 Å². The molecule has 46 heavy (non-hydrogen) atoms. The number of carbonyl (C=O) groups is 1. The van der Waals surface area contributed by atoms with E-state index in [9.17, 15) is 4.79 Å². The molecule has 0 spiro atoms. The molecule has 9 heteroatoms. The number of thioether (sulfide) groups is 1. The molecule has 1 amide bonds. The van der Waals surface area contributed by atoms with Gasteiger partial charge in [-0.3, -0.25) is 9.69 Å². The van der Waals surface area contributed by atoms with Gasteiger partial charge in [-0.25, -0.2) is 4.99 Å². The number of hydrogen-bond acceptors (Lipinski definition) is 5. The molecule has 5 aromatic rings. The zero-order valence-corrected chi connectivity index (χ0v) is 28.4. The van der Waals surface area contributed by atoms with E-state index in [2.05, 4.69) is 18.2 Å². The van der Waals surface area contributed by atoms with Crippen LogP contribution in [0.4, 0.5) is 11.4 Å². The van der Waals surface area contributed by atoms with E-state index in [4.69, 9.17) is 49.3 Å². The highest BCUT2D eigenvalue weighted by Crippen LogP contribution is 2.42. The van der Waals surface area contributed by atoms with Crippen LogP contribution < -0.4 is 14.4 Å². The first kappa shape index (κ1) is 32.0. The van der Waals surface area contributed by atoms with Crippen LogP contribution >= 0.6 is 46.6 Å². The second-order valence-corrected chi connectivity index (χ2v) is 12.9. The number of anilines is 1. The normalized spacial score (nSPS) is 14.9. The topological polar surface area (TPSA) is 51.1 Å². The summed E-state index contributed by atoms with van der Waals surface area (Å²) in [6.45, 7) is 6.46. The molecule has 0 saturated carbocycles. The Bertz CT molecular complexity index is 2040. The molecule has 1 aliphatic rings. The zero-order valence-electron chi connectivity index (χ0n) is 25.3. The van der Waals surface area contributed by atoms with E-state index < -0.39 is 0 Å². The Morgan fingerprint density at radius 1 is 0.826 bits per heavy atom. The molecule has 1 heterocycles. The maximum atomic E-state index is 14.0. The average molecular weight is 688 g/mol. The van der Waals surface area contributed by atoms with E-state index in [0.29, 0.717) is 66.8 Å². The SMILES string of the molecule is CCOc1cc(/C=C2/SC(=Nc3ccc(C)c(Cl)c3)N(c3ccc(C)c(Cl)c3)C2=O)cc(Cl)c1OCc1cccc2ccccc12. The summed E-state index contributed by atoms with van der Waals surface area (Å²) in [4.78, 5) is 20.8. The molecule has 1 aliphatic heterocycles. The van der Waals surface area contributed by atoms with Crippen LogP contribution in [-0.2, 0) is 11.4 Å².